The van der Waals surface area contributed by atoms with Gasteiger partial charge in [0.15, 0.2) is 5.78 Å². The molecule has 2 aromatic carbocycles. The van der Waals surface area contributed by atoms with Crippen LogP contribution >= 0.6 is 0 Å². The molecule has 0 unspecified atom stereocenters. The van der Waals surface area contributed by atoms with E-state index in [0.717, 1.165) is 21.9 Å². The second kappa shape index (κ2) is 6.26. The van der Waals surface area contributed by atoms with Gasteiger partial charge in [0.25, 0.3) is 0 Å². The van der Waals surface area contributed by atoms with Gasteiger partial charge in [-0.05, 0) is 50.1 Å². The molecule has 1 aliphatic heterocycles. The Morgan fingerprint density at radius 3 is 2.42 bits per heavy atom. The summed E-state index contributed by atoms with van der Waals surface area (Å²) in [6.07, 6.45) is 1.92. The van der Waals surface area contributed by atoms with Crippen molar-refractivity contribution in [2.24, 2.45) is 0 Å². The number of ketones is 1. The molecule has 3 nitrogen and oxygen atoms in total. The van der Waals surface area contributed by atoms with E-state index in [4.69, 9.17) is 0 Å². The van der Waals surface area contributed by atoms with Crippen LogP contribution in [0.15, 0.2) is 54.1 Å². The largest absolute Gasteiger partial charge is 0.295 e. The molecule has 1 heterocycles. The van der Waals surface area contributed by atoms with E-state index < -0.39 is 11.0 Å². The Balaban J connectivity index is 2.08. The molecular weight excluding hydrogens is 318 g/mol. The van der Waals surface area contributed by atoms with E-state index in [2.05, 4.69) is 24.3 Å². The first kappa shape index (κ1) is 17.1. The fourth-order valence-corrected chi connectivity index (χ4v) is 4.48. The highest BCUT2D eigenvalue weighted by molar-refractivity contribution is 7.84. The Labute approximate surface area is 145 Å². The van der Waals surface area contributed by atoms with Crippen molar-refractivity contribution in [1.82, 2.24) is 4.31 Å². The molecule has 0 saturated carbocycles. The SMILES string of the molecule is CC(=O)C1=CCN([S@@](=O)C(C)(C)C)[C@H]1c1ccc2ccccc2c1. The maximum Gasteiger partial charge on any atom is 0.157 e. The highest BCUT2D eigenvalue weighted by Gasteiger charge is 2.38. The van der Waals surface area contributed by atoms with Crippen molar-refractivity contribution in [2.75, 3.05) is 6.54 Å². The second-order valence-electron chi connectivity index (χ2n) is 7.19. The van der Waals surface area contributed by atoms with Gasteiger partial charge in [0.2, 0.25) is 0 Å². The number of carbonyl (C=O) groups is 1. The third kappa shape index (κ3) is 3.08. The molecule has 0 bridgehead atoms. The molecule has 0 saturated heterocycles. The molecule has 0 N–H and O–H groups in total. The molecule has 4 heteroatoms. The molecular formula is C20H23NO2S. The molecule has 0 amide bonds. The normalized spacial score (nSPS) is 20.2. The van der Waals surface area contributed by atoms with Crippen LogP contribution in [0.25, 0.3) is 10.8 Å². The fraction of sp³-hybridized carbons (Fsp3) is 0.350. The van der Waals surface area contributed by atoms with Gasteiger partial charge < -0.3 is 0 Å². The highest BCUT2D eigenvalue weighted by atomic mass is 32.2. The van der Waals surface area contributed by atoms with Crippen LogP contribution < -0.4 is 0 Å². The van der Waals surface area contributed by atoms with E-state index in [1.807, 2.05) is 49.4 Å². The van der Waals surface area contributed by atoms with Crippen molar-refractivity contribution in [1.29, 1.82) is 0 Å². The lowest BCUT2D eigenvalue weighted by Gasteiger charge is -2.31. The third-order valence-corrected chi connectivity index (χ3v) is 6.14. The maximum absolute atomic E-state index is 13.0. The first-order valence-electron chi connectivity index (χ1n) is 8.17. The van der Waals surface area contributed by atoms with Crippen LogP contribution in [-0.4, -0.2) is 25.6 Å². The summed E-state index contributed by atoms with van der Waals surface area (Å²) >= 11 is 0. The zero-order valence-electron chi connectivity index (χ0n) is 14.6. The first-order valence-corrected chi connectivity index (χ1v) is 9.28. The molecule has 0 radical (unpaired) electrons. The van der Waals surface area contributed by atoms with E-state index in [9.17, 15) is 9.00 Å². The van der Waals surface area contributed by atoms with E-state index >= 15 is 0 Å². The van der Waals surface area contributed by atoms with Gasteiger partial charge in [-0.1, -0.05) is 42.5 Å². The average Bonchev–Trinajstić information content (AvgIpc) is 2.97. The summed E-state index contributed by atoms with van der Waals surface area (Å²) in [7, 11) is -1.19. The maximum atomic E-state index is 13.0. The Bertz CT molecular complexity index is 848. The van der Waals surface area contributed by atoms with Gasteiger partial charge in [-0.15, -0.1) is 0 Å². The minimum atomic E-state index is -1.19. The van der Waals surface area contributed by atoms with Crippen LogP contribution in [0.5, 0.6) is 0 Å². The zero-order chi connectivity index (χ0) is 17.5. The summed E-state index contributed by atoms with van der Waals surface area (Å²) in [5.74, 6) is 0.0431. The van der Waals surface area contributed by atoms with E-state index in [1.165, 1.54) is 0 Å². The van der Waals surface area contributed by atoms with Crippen LogP contribution in [0.3, 0.4) is 0 Å². The summed E-state index contributed by atoms with van der Waals surface area (Å²) in [6.45, 7) is 8.02. The quantitative estimate of drug-likeness (QED) is 0.840. The second-order valence-corrected chi connectivity index (χ2v) is 9.38. The van der Waals surface area contributed by atoms with Crippen molar-refractivity contribution >= 4 is 27.5 Å². The Kier molecular flexibility index (Phi) is 4.45. The van der Waals surface area contributed by atoms with Crippen LogP contribution in [0.4, 0.5) is 0 Å². The zero-order valence-corrected chi connectivity index (χ0v) is 15.4. The Hall–Kier alpha value is -1.78. The predicted molar refractivity (Wildman–Crippen MR) is 100 cm³/mol. The lowest BCUT2D eigenvalue weighted by Crippen LogP contribution is -2.38. The molecule has 2 atom stereocenters. The minimum absolute atomic E-state index is 0.0431. The molecule has 2 aromatic rings. The van der Waals surface area contributed by atoms with Crippen LogP contribution in [0, 0.1) is 0 Å². The van der Waals surface area contributed by atoms with E-state index in [0.29, 0.717) is 6.54 Å². The van der Waals surface area contributed by atoms with Crippen molar-refractivity contribution in [2.45, 2.75) is 38.5 Å². The monoisotopic (exact) mass is 341 g/mol. The van der Waals surface area contributed by atoms with Crippen LogP contribution in [0.1, 0.15) is 39.3 Å². The molecule has 0 spiro atoms. The van der Waals surface area contributed by atoms with Gasteiger partial charge in [0, 0.05) is 12.1 Å². The summed E-state index contributed by atoms with van der Waals surface area (Å²) < 4.78 is 14.5. The minimum Gasteiger partial charge on any atom is -0.295 e. The topological polar surface area (TPSA) is 37.4 Å². The van der Waals surface area contributed by atoms with Crippen molar-refractivity contribution in [3.05, 3.63) is 59.7 Å². The summed E-state index contributed by atoms with van der Waals surface area (Å²) in [5.41, 5.74) is 1.76. The average molecular weight is 341 g/mol. The lowest BCUT2D eigenvalue weighted by atomic mass is 9.96. The number of hydrogen-bond acceptors (Lipinski definition) is 2. The number of rotatable bonds is 3. The summed E-state index contributed by atoms with van der Waals surface area (Å²) in [4.78, 5) is 12.1. The van der Waals surface area contributed by atoms with E-state index in [1.54, 1.807) is 6.92 Å². The van der Waals surface area contributed by atoms with Crippen LogP contribution in [-0.2, 0) is 15.8 Å². The number of benzene rings is 2. The molecule has 0 aromatic heterocycles. The molecule has 1 aliphatic rings. The smallest absolute Gasteiger partial charge is 0.157 e. The Morgan fingerprint density at radius 1 is 1.12 bits per heavy atom. The molecule has 126 valence electrons. The van der Waals surface area contributed by atoms with Gasteiger partial charge in [0.05, 0.1) is 10.8 Å². The Morgan fingerprint density at radius 2 is 1.79 bits per heavy atom. The van der Waals surface area contributed by atoms with Gasteiger partial charge in [-0.3, -0.25) is 4.79 Å². The van der Waals surface area contributed by atoms with Crippen molar-refractivity contribution in [3.63, 3.8) is 0 Å². The first-order chi connectivity index (χ1) is 11.3. The number of fused-ring (bicyclic) bond motifs is 1. The predicted octanol–water partition coefficient (Wildman–Crippen LogP) is 4.17. The standard InChI is InChI=1S/C20H23NO2S/c1-14(22)18-11-12-21(24(23)20(2,3)4)19(18)17-10-9-15-7-5-6-8-16(15)13-17/h5-11,13,19H,12H2,1-4H3/t19-,24-/m0/s1. The molecule has 0 fully saturated rings. The van der Waals surface area contributed by atoms with Crippen molar-refractivity contribution < 1.29 is 9.00 Å². The fourth-order valence-electron chi connectivity index (χ4n) is 3.14. The lowest BCUT2D eigenvalue weighted by molar-refractivity contribution is -0.113. The number of nitrogens with zero attached hydrogens (tertiary/aromatic N) is 1. The number of hydrogen-bond donors (Lipinski definition) is 0. The van der Waals surface area contributed by atoms with E-state index in [-0.39, 0.29) is 16.6 Å². The molecule has 24 heavy (non-hydrogen) atoms. The van der Waals surface area contributed by atoms with Gasteiger partial charge in [-0.2, -0.15) is 0 Å². The van der Waals surface area contributed by atoms with Crippen molar-refractivity contribution in [3.8, 4) is 0 Å². The van der Waals surface area contributed by atoms with Gasteiger partial charge >= 0.3 is 0 Å². The van der Waals surface area contributed by atoms with Gasteiger partial charge in [-0.25, -0.2) is 8.51 Å². The van der Waals surface area contributed by atoms with Crippen LogP contribution in [0.2, 0.25) is 0 Å². The summed E-state index contributed by atoms with van der Waals surface area (Å²) in [6, 6.07) is 14.1. The van der Waals surface area contributed by atoms with Gasteiger partial charge in [0.1, 0.15) is 11.0 Å². The summed E-state index contributed by atoms with van der Waals surface area (Å²) in [5, 5.41) is 2.29. The number of Topliss-reactive ketones (excluding diaryl/α,β-unsaturated/α-hetero) is 1. The number of carbonyl (C=O) groups excluding carboxylic acids is 1. The third-order valence-electron chi connectivity index (χ3n) is 4.31. The molecule has 0 aliphatic carbocycles. The highest BCUT2D eigenvalue weighted by Crippen LogP contribution is 2.38. The molecule has 3 rings (SSSR count).